The molecule has 0 atom stereocenters. The molecule has 0 saturated heterocycles. The summed E-state index contributed by atoms with van der Waals surface area (Å²) in [5.74, 6) is 2.59. The second-order valence-electron chi connectivity index (χ2n) is 4.64. The van der Waals surface area contributed by atoms with Crippen LogP contribution in [0.2, 0.25) is 0 Å². The first kappa shape index (κ1) is 17.2. The van der Waals surface area contributed by atoms with Gasteiger partial charge < -0.3 is 0 Å². The zero-order chi connectivity index (χ0) is 15.4. The minimum Gasteiger partial charge on any atom is -0.207 e. The Balaban J connectivity index is 3.28. The van der Waals surface area contributed by atoms with Gasteiger partial charge in [0, 0.05) is 4.47 Å². The normalized spacial score (nSPS) is 12.2. The first-order valence-corrected chi connectivity index (χ1v) is 8.92. The molecule has 3 nitrogen and oxygen atoms in total. The number of nitrogens with one attached hydrogen (secondary N) is 1. The number of hydrogen-bond acceptors (Lipinski definition) is 2. The Kier molecular flexibility index (Phi) is 5.81. The van der Waals surface area contributed by atoms with Gasteiger partial charge in [-0.1, -0.05) is 42.6 Å². The van der Waals surface area contributed by atoms with E-state index in [0.717, 1.165) is 10.0 Å². The van der Waals surface area contributed by atoms with Gasteiger partial charge in [-0.3, -0.25) is 0 Å². The van der Waals surface area contributed by atoms with Gasteiger partial charge in [0.05, 0.1) is 10.4 Å². The Morgan fingerprint density at radius 3 is 2.35 bits per heavy atom. The fourth-order valence-corrected chi connectivity index (χ4v) is 4.20. The third-order valence-corrected chi connectivity index (χ3v) is 5.64. The summed E-state index contributed by atoms with van der Waals surface area (Å²) >= 11 is 3.36. The predicted octanol–water partition coefficient (Wildman–Crippen LogP) is 3.48. The molecule has 1 N–H and O–H groups in total. The van der Waals surface area contributed by atoms with Crippen molar-refractivity contribution in [1.29, 1.82) is 0 Å². The molecule has 5 heteroatoms. The standard InChI is InChI=1S/C15H20BrNO2S/c1-5-12-11-13(16)9-10-14(12)20(18,19)17-15(6-2,7-3)8-4/h2,9-11,17H,5,7-8H2,1,3-4H3. The maximum atomic E-state index is 12.6. The average Bonchev–Trinajstić information content (AvgIpc) is 2.44. The van der Waals surface area contributed by atoms with Crippen LogP contribution in [0.25, 0.3) is 0 Å². The van der Waals surface area contributed by atoms with Crippen LogP contribution in [0.5, 0.6) is 0 Å². The number of benzene rings is 1. The number of rotatable bonds is 6. The highest BCUT2D eigenvalue weighted by atomic mass is 79.9. The van der Waals surface area contributed by atoms with Crippen LogP contribution in [0.4, 0.5) is 0 Å². The molecule has 0 aliphatic rings. The lowest BCUT2D eigenvalue weighted by Gasteiger charge is -2.27. The summed E-state index contributed by atoms with van der Waals surface area (Å²) in [5, 5.41) is 0. The highest BCUT2D eigenvalue weighted by molar-refractivity contribution is 9.10. The van der Waals surface area contributed by atoms with Gasteiger partial charge in [0.2, 0.25) is 10.0 Å². The van der Waals surface area contributed by atoms with Gasteiger partial charge in [-0.25, -0.2) is 8.42 Å². The van der Waals surface area contributed by atoms with Gasteiger partial charge in [0.15, 0.2) is 0 Å². The molecule has 0 heterocycles. The minimum atomic E-state index is -3.63. The van der Waals surface area contributed by atoms with Gasteiger partial charge in [0.25, 0.3) is 0 Å². The molecular weight excluding hydrogens is 338 g/mol. The summed E-state index contributed by atoms with van der Waals surface area (Å²) < 4.78 is 28.7. The maximum Gasteiger partial charge on any atom is 0.242 e. The van der Waals surface area contributed by atoms with Crippen LogP contribution < -0.4 is 4.72 Å². The Labute approximate surface area is 130 Å². The van der Waals surface area contributed by atoms with E-state index in [2.05, 4.69) is 26.6 Å². The van der Waals surface area contributed by atoms with Crippen LogP contribution in [-0.2, 0) is 16.4 Å². The highest BCUT2D eigenvalue weighted by Crippen LogP contribution is 2.24. The topological polar surface area (TPSA) is 46.2 Å². The van der Waals surface area contributed by atoms with Crippen LogP contribution in [0.1, 0.15) is 39.2 Å². The molecule has 0 amide bonds. The van der Waals surface area contributed by atoms with Crippen molar-refractivity contribution >= 4 is 26.0 Å². The van der Waals surface area contributed by atoms with E-state index in [-0.39, 0.29) is 0 Å². The van der Waals surface area contributed by atoms with Crippen molar-refractivity contribution in [2.75, 3.05) is 0 Å². The predicted molar refractivity (Wildman–Crippen MR) is 86.0 cm³/mol. The van der Waals surface area contributed by atoms with Gasteiger partial charge in [0.1, 0.15) is 0 Å². The summed E-state index contributed by atoms with van der Waals surface area (Å²) in [4.78, 5) is 0.296. The number of hydrogen-bond donors (Lipinski definition) is 1. The van der Waals surface area contributed by atoms with Crippen LogP contribution >= 0.6 is 15.9 Å². The molecule has 110 valence electrons. The molecular formula is C15H20BrNO2S. The summed E-state index contributed by atoms with van der Waals surface area (Å²) in [7, 11) is -3.63. The number of sulfonamides is 1. The number of aryl methyl sites for hydroxylation is 1. The van der Waals surface area contributed by atoms with E-state index in [1.807, 2.05) is 26.8 Å². The monoisotopic (exact) mass is 357 g/mol. The van der Waals surface area contributed by atoms with E-state index < -0.39 is 15.6 Å². The van der Waals surface area contributed by atoms with Crippen molar-refractivity contribution in [3.63, 3.8) is 0 Å². The Hall–Kier alpha value is -0.830. The molecule has 0 radical (unpaired) electrons. The third-order valence-electron chi connectivity index (χ3n) is 3.51. The van der Waals surface area contributed by atoms with E-state index in [4.69, 9.17) is 6.42 Å². The van der Waals surface area contributed by atoms with E-state index in [9.17, 15) is 8.42 Å². The second kappa shape index (κ2) is 6.75. The van der Waals surface area contributed by atoms with Crippen LogP contribution in [-0.4, -0.2) is 14.0 Å². The second-order valence-corrected chi connectivity index (χ2v) is 7.21. The van der Waals surface area contributed by atoms with E-state index in [0.29, 0.717) is 24.2 Å². The first-order chi connectivity index (χ1) is 9.34. The molecule has 0 aromatic heterocycles. The Bertz CT molecular complexity index is 613. The molecule has 1 aromatic rings. The molecule has 1 rings (SSSR count). The quantitative estimate of drug-likeness (QED) is 0.792. The smallest absolute Gasteiger partial charge is 0.207 e. The van der Waals surface area contributed by atoms with Crippen molar-refractivity contribution in [1.82, 2.24) is 4.72 Å². The van der Waals surface area contributed by atoms with Gasteiger partial charge in [-0.15, -0.1) is 6.42 Å². The minimum absolute atomic E-state index is 0.296. The van der Waals surface area contributed by atoms with Crippen molar-refractivity contribution < 1.29 is 8.42 Å². The molecule has 1 aromatic carbocycles. The molecule has 0 fully saturated rings. The zero-order valence-electron chi connectivity index (χ0n) is 12.0. The van der Waals surface area contributed by atoms with Gasteiger partial charge in [-0.05, 0) is 43.0 Å². The SMILES string of the molecule is C#CC(CC)(CC)NS(=O)(=O)c1ccc(Br)cc1CC. The molecule has 0 aliphatic carbocycles. The molecule has 0 bridgehead atoms. The molecule has 0 unspecified atom stereocenters. The summed E-state index contributed by atoms with van der Waals surface area (Å²) in [5.41, 5.74) is -0.0540. The Morgan fingerprint density at radius 2 is 1.90 bits per heavy atom. The van der Waals surface area contributed by atoms with Gasteiger partial charge >= 0.3 is 0 Å². The largest absolute Gasteiger partial charge is 0.242 e. The van der Waals surface area contributed by atoms with E-state index >= 15 is 0 Å². The molecule has 0 saturated carbocycles. The lowest BCUT2D eigenvalue weighted by Crippen LogP contribution is -2.46. The summed E-state index contributed by atoms with van der Waals surface area (Å²) in [6.07, 6.45) is 7.27. The van der Waals surface area contributed by atoms with Crippen LogP contribution in [0.15, 0.2) is 27.6 Å². The van der Waals surface area contributed by atoms with Crippen molar-refractivity contribution in [2.45, 2.75) is 50.5 Å². The van der Waals surface area contributed by atoms with Crippen LogP contribution in [0.3, 0.4) is 0 Å². The van der Waals surface area contributed by atoms with Crippen molar-refractivity contribution in [3.8, 4) is 12.3 Å². The average molecular weight is 358 g/mol. The number of terminal acetylenes is 1. The molecule has 0 spiro atoms. The fourth-order valence-electron chi connectivity index (χ4n) is 2.03. The van der Waals surface area contributed by atoms with Crippen molar-refractivity contribution in [3.05, 3.63) is 28.2 Å². The lowest BCUT2D eigenvalue weighted by molar-refractivity contribution is 0.451. The fraction of sp³-hybridized carbons (Fsp3) is 0.467. The van der Waals surface area contributed by atoms with Gasteiger partial charge in [-0.2, -0.15) is 4.72 Å². The summed E-state index contributed by atoms with van der Waals surface area (Å²) in [6, 6.07) is 5.16. The van der Waals surface area contributed by atoms with Crippen LogP contribution in [0, 0.1) is 12.3 Å². The molecule has 20 heavy (non-hydrogen) atoms. The van der Waals surface area contributed by atoms with E-state index in [1.54, 1.807) is 12.1 Å². The highest BCUT2D eigenvalue weighted by Gasteiger charge is 2.31. The van der Waals surface area contributed by atoms with E-state index in [1.165, 1.54) is 0 Å². The zero-order valence-corrected chi connectivity index (χ0v) is 14.4. The third kappa shape index (κ3) is 3.63. The number of halogens is 1. The maximum absolute atomic E-state index is 12.6. The lowest BCUT2D eigenvalue weighted by atomic mass is 9.96. The molecule has 0 aliphatic heterocycles. The first-order valence-electron chi connectivity index (χ1n) is 6.64. The van der Waals surface area contributed by atoms with Crippen molar-refractivity contribution in [2.24, 2.45) is 0 Å². The summed E-state index contributed by atoms with van der Waals surface area (Å²) in [6.45, 7) is 5.69. The Morgan fingerprint density at radius 1 is 1.30 bits per heavy atom.